The molecule has 1 aromatic carbocycles. The van der Waals surface area contributed by atoms with E-state index in [2.05, 4.69) is 20.2 Å². The maximum atomic E-state index is 13.1. The first-order chi connectivity index (χ1) is 15.3. The maximum Gasteiger partial charge on any atom is 0.441 e. The topological polar surface area (TPSA) is 99.1 Å². The summed E-state index contributed by atoms with van der Waals surface area (Å²) in [5.41, 5.74) is 1.53. The second-order valence-electron chi connectivity index (χ2n) is 6.68. The molecule has 0 spiro atoms. The Labute approximate surface area is 186 Å². The van der Waals surface area contributed by atoms with Crippen LogP contribution in [0.15, 0.2) is 46.0 Å². The van der Waals surface area contributed by atoms with Crippen molar-refractivity contribution in [1.82, 2.24) is 19.6 Å². The smallest absolute Gasteiger partial charge is 0.282 e. The number of carbonyl (C=O) groups is 1. The lowest BCUT2D eigenvalue weighted by Crippen LogP contribution is -2.35. The van der Waals surface area contributed by atoms with Crippen LogP contribution in [0.3, 0.4) is 0 Å². The average Bonchev–Trinajstić information content (AvgIpc) is 3.44. The predicted octanol–water partition coefficient (Wildman–Crippen LogP) is 4.20. The number of nitrogens with zero attached hydrogens (tertiary/aromatic N) is 6. The van der Waals surface area contributed by atoms with Gasteiger partial charge in [0.15, 0.2) is 5.84 Å². The molecular weight excluding hydrogens is 463 g/mol. The molecule has 162 valence electrons. The van der Waals surface area contributed by atoms with E-state index in [4.69, 9.17) is 5.41 Å². The number of rotatable bonds is 3. The largest absolute Gasteiger partial charge is 0.441 e. The monoisotopic (exact) mass is 475 g/mol. The van der Waals surface area contributed by atoms with Gasteiger partial charge in [0.2, 0.25) is 15.2 Å². The zero-order chi connectivity index (χ0) is 22.6. The SMILES string of the molecule is CCc1nn2c(/C=C3/C(=N)N4N=C(C(F)(F)F)SC4=NC3=O)c(-c3ccccc3)nc2s1. The molecule has 1 amide bonds. The number of nitrogens with one attached hydrogen (secondary N) is 1. The fraction of sp³-hybridized carbons (Fsp3) is 0.158. The maximum absolute atomic E-state index is 13.1. The van der Waals surface area contributed by atoms with E-state index in [1.807, 2.05) is 37.3 Å². The summed E-state index contributed by atoms with van der Waals surface area (Å²) in [4.78, 5) is 21.6. The Morgan fingerprint density at radius 2 is 1.97 bits per heavy atom. The molecule has 2 aromatic heterocycles. The van der Waals surface area contributed by atoms with Gasteiger partial charge in [0.1, 0.15) is 5.01 Å². The molecule has 0 unspecified atom stereocenters. The number of aryl methyl sites for hydroxylation is 1. The van der Waals surface area contributed by atoms with E-state index in [1.54, 1.807) is 4.52 Å². The van der Waals surface area contributed by atoms with Crippen molar-refractivity contribution in [3.63, 3.8) is 0 Å². The number of halogens is 3. The Kier molecular flexibility index (Phi) is 4.74. The molecular formula is C19H12F3N7OS2. The molecule has 8 nitrogen and oxygen atoms in total. The van der Waals surface area contributed by atoms with Gasteiger partial charge in [-0.15, -0.1) is 0 Å². The highest BCUT2D eigenvalue weighted by molar-refractivity contribution is 8.27. The molecule has 1 N–H and O–H groups in total. The van der Waals surface area contributed by atoms with Crippen molar-refractivity contribution in [2.45, 2.75) is 19.5 Å². The molecule has 0 aliphatic carbocycles. The highest BCUT2D eigenvalue weighted by atomic mass is 32.2. The van der Waals surface area contributed by atoms with Gasteiger partial charge in [0.05, 0.1) is 17.0 Å². The lowest BCUT2D eigenvalue weighted by atomic mass is 10.1. The molecule has 0 radical (unpaired) electrons. The van der Waals surface area contributed by atoms with Gasteiger partial charge in [0, 0.05) is 5.56 Å². The zero-order valence-corrected chi connectivity index (χ0v) is 17.8. The second kappa shape index (κ2) is 7.38. The minimum absolute atomic E-state index is 0.202. The van der Waals surface area contributed by atoms with Crippen LogP contribution in [-0.4, -0.2) is 47.7 Å². The summed E-state index contributed by atoms with van der Waals surface area (Å²) < 4.78 is 40.7. The number of benzene rings is 1. The third-order valence-electron chi connectivity index (χ3n) is 4.61. The van der Waals surface area contributed by atoms with Crippen molar-refractivity contribution in [1.29, 1.82) is 5.41 Å². The molecule has 2 aliphatic heterocycles. The molecule has 13 heteroatoms. The highest BCUT2D eigenvalue weighted by Gasteiger charge is 2.46. The van der Waals surface area contributed by atoms with E-state index >= 15 is 0 Å². The van der Waals surface area contributed by atoms with Crippen LogP contribution in [0.1, 0.15) is 17.6 Å². The Hall–Kier alpha value is -3.32. The molecule has 0 bridgehead atoms. The van der Waals surface area contributed by atoms with Gasteiger partial charge >= 0.3 is 6.18 Å². The number of hydrogen-bond donors (Lipinski definition) is 1. The number of imidazole rings is 1. The lowest BCUT2D eigenvalue weighted by Gasteiger charge is -2.20. The molecule has 0 atom stereocenters. The summed E-state index contributed by atoms with van der Waals surface area (Å²) in [5.74, 6) is -1.32. The molecule has 0 fully saturated rings. The van der Waals surface area contributed by atoms with Gasteiger partial charge in [-0.25, -0.2) is 9.50 Å². The molecule has 4 heterocycles. The van der Waals surface area contributed by atoms with Crippen LogP contribution in [-0.2, 0) is 11.2 Å². The van der Waals surface area contributed by atoms with E-state index in [-0.39, 0.29) is 22.5 Å². The first kappa shape index (κ1) is 20.6. The van der Waals surface area contributed by atoms with Gasteiger partial charge < -0.3 is 0 Å². The van der Waals surface area contributed by atoms with Gasteiger partial charge in [-0.3, -0.25) is 10.2 Å². The fourth-order valence-electron chi connectivity index (χ4n) is 3.13. The Morgan fingerprint density at radius 1 is 1.22 bits per heavy atom. The van der Waals surface area contributed by atoms with Crippen molar-refractivity contribution >= 4 is 56.1 Å². The molecule has 32 heavy (non-hydrogen) atoms. The van der Waals surface area contributed by atoms with Gasteiger partial charge in [0.25, 0.3) is 5.91 Å². The number of carbonyl (C=O) groups excluding carboxylic acids is 1. The first-order valence-corrected chi connectivity index (χ1v) is 10.9. The molecule has 2 aliphatic rings. The predicted molar refractivity (Wildman–Crippen MR) is 117 cm³/mol. The summed E-state index contributed by atoms with van der Waals surface area (Å²) in [5, 5.41) is 16.4. The van der Waals surface area contributed by atoms with Crippen LogP contribution in [0.5, 0.6) is 0 Å². The minimum atomic E-state index is -4.70. The second-order valence-corrected chi connectivity index (χ2v) is 8.67. The van der Waals surface area contributed by atoms with Crippen molar-refractivity contribution < 1.29 is 18.0 Å². The summed E-state index contributed by atoms with van der Waals surface area (Å²) in [6.07, 6.45) is -2.63. The van der Waals surface area contributed by atoms with Gasteiger partial charge in [-0.1, -0.05) is 48.6 Å². The molecule has 3 aromatic rings. The van der Waals surface area contributed by atoms with E-state index in [9.17, 15) is 18.0 Å². The van der Waals surface area contributed by atoms with E-state index < -0.39 is 23.0 Å². The number of alkyl halides is 3. The van der Waals surface area contributed by atoms with Crippen LogP contribution in [0.25, 0.3) is 22.3 Å². The normalized spacial score (nSPS) is 17.9. The summed E-state index contributed by atoms with van der Waals surface area (Å²) in [7, 11) is 0. The summed E-state index contributed by atoms with van der Waals surface area (Å²) in [6.45, 7) is 1.95. The first-order valence-electron chi connectivity index (χ1n) is 9.27. The Morgan fingerprint density at radius 3 is 2.66 bits per heavy atom. The zero-order valence-electron chi connectivity index (χ0n) is 16.2. The lowest BCUT2D eigenvalue weighted by molar-refractivity contribution is -0.114. The number of aromatic nitrogens is 3. The Bertz CT molecular complexity index is 1370. The highest BCUT2D eigenvalue weighted by Crippen LogP contribution is 2.36. The summed E-state index contributed by atoms with van der Waals surface area (Å²) >= 11 is 1.61. The number of hydrogen-bond acceptors (Lipinski definition) is 7. The van der Waals surface area contributed by atoms with Crippen LogP contribution in [0, 0.1) is 5.41 Å². The Balaban J connectivity index is 1.66. The van der Waals surface area contributed by atoms with Crippen LogP contribution >= 0.6 is 23.1 Å². The minimum Gasteiger partial charge on any atom is -0.282 e. The van der Waals surface area contributed by atoms with Crippen molar-refractivity contribution in [3.8, 4) is 11.3 Å². The summed E-state index contributed by atoms with van der Waals surface area (Å²) in [6, 6.07) is 9.21. The average molecular weight is 475 g/mol. The van der Waals surface area contributed by atoms with Crippen LogP contribution in [0.4, 0.5) is 13.2 Å². The van der Waals surface area contributed by atoms with Crippen LogP contribution in [0.2, 0.25) is 0 Å². The number of hydrazone groups is 1. The number of thioether (sulfide) groups is 1. The third-order valence-corrected chi connectivity index (χ3v) is 6.61. The number of fused-ring (bicyclic) bond motifs is 2. The van der Waals surface area contributed by atoms with E-state index in [1.165, 1.54) is 17.4 Å². The molecule has 0 saturated carbocycles. The quantitative estimate of drug-likeness (QED) is 0.573. The van der Waals surface area contributed by atoms with Crippen LogP contribution < -0.4 is 0 Å². The van der Waals surface area contributed by atoms with E-state index in [0.29, 0.717) is 22.8 Å². The van der Waals surface area contributed by atoms with Crippen molar-refractivity contribution in [2.75, 3.05) is 0 Å². The number of amidine groups is 2. The fourth-order valence-corrected chi connectivity index (χ4v) is 4.73. The van der Waals surface area contributed by atoms with Gasteiger partial charge in [-0.05, 0) is 24.3 Å². The van der Waals surface area contributed by atoms with Crippen molar-refractivity contribution in [2.24, 2.45) is 10.1 Å². The number of amides is 1. The standard InChI is InChI=1S/C19H12F3N7OS2/c1-2-12-26-28-11(13(24-17(28)31-12)9-6-4-3-5-7-9)8-10-14(23)29-18(25-15(10)30)32-16(27-29)19(20,21)22/h3-8,23H,2H2,1H3/b10-8-,23-14?. The molecule has 0 saturated heterocycles. The third kappa shape index (κ3) is 3.33. The van der Waals surface area contributed by atoms with Gasteiger partial charge in [-0.2, -0.15) is 33.4 Å². The molecule has 5 rings (SSSR count). The van der Waals surface area contributed by atoms with Crippen molar-refractivity contribution in [3.05, 3.63) is 46.6 Å². The van der Waals surface area contributed by atoms with E-state index in [0.717, 1.165) is 15.6 Å². The number of aliphatic imine (C=N–C) groups is 1.